The number of Topliss-reactive ketones (excluding diaryl/α,β-unsaturated/α-hetero) is 3. The molecule has 1 fully saturated rings. The molecule has 15 nitrogen and oxygen atoms in total. The minimum Gasteiger partial charge on any atom is -0.507 e. The molecular weight excluding hydrogens is 660 g/mol. The van der Waals surface area contributed by atoms with Crippen LogP contribution in [0.1, 0.15) is 81.8 Å². The Kier molecular flexibility index (Phi) is 8.63. The molecule has 2 aromatic rings. The van der Waals surface area contributed by atoms with E-state index in [9.17, 15) is 49.5 Å². The quantitative estimate of drug-likeness (QED) is 0.261. The zero-order valence-electron chi connectivity index (χ0n) is 27.9. The standard InChI is InChI=1S/C35H36O15/c1-12-7-14-10-20(37)35(49-6)32(43)23-17(31(42)34(35,45)24(14)27(40)21(12)33(44)48-5)11-16-22(26(23)39)18(36)8-15(25(16)38)9-19-30(47-4)28(41)29(46-3)13(2)50-19/h7-8,11,13,19-20,28-30,37,39-41,45H,9-10H2,1-6H3. The van der Waals surface area contributed by atoms with Crippen molar-refractivity contribution in [1.82, 2.24) is 0 Å². The van der Waals surface area contributed by atoms with E-state index in [-0.39, 0.29) is 23.1 Å². The van der Waals surface area contributed by atoms with E-state index in [1.807, 2.05) is 0 Å². The maximum atomic E-state index is 14.6. The summed E-state index contributed by atoms with van der Waals surface area (Å²) in [6.07, 6.45) is -6.14. The largest absolute Gasteiger partial charge is 0.507 e. The number of benzene rings is 2. The zero-order valence-corrected chi connectivity index (χ0v) is 27.9. The van der Waals surface area contributed by atoms with Crippen LogP contribution in [0.25, 0.3) is 0 Å². The number of aryl methyl sites for hydroxylation is 1. The SMILES string of the molecule is COC(=O)c1c(C)cc2c(c1O)C1(O)C(=O)c3cc4c(c(O)c3C(=O)C1(OC)C(O)C2)C(=O)C=C(CC1OC(C)C(OC)C(O)C1OC)C4=O. The van der Waals surface area contributed by atoms with Crippen LogP contribution in [0.2, 0.25) is 0 Å². The van der Waals surface area contributed by atoms with E-state index in [4.69, 9.17) is 23.7 Å². The van der Waals surface area contributed by atoms with Gasteiger partial charge >= 0.3 is 5.97 Å². The highest BCUT2D eigenvalue weighted by Crippen LogP contribution is 2.56. The van der Waals surface area contributed by atoms with Gasteiger partial charge in [0.2, 0.25) is 11.6 Å². The van der Waals surface area contributed by atoms with Crippen LogP contribution in [0.15, 0.2) is 23.8 Å². The van der Waals surface area contributed by atoms with Gasteiger partial charge in [-0.2, -0.15) is 0 Å². The number of allylic oxidation sites excluding steroid dienone is 1. The first-order valence-corrected chi connectivity index (χ1v) is 15.6. The van der Waals surface area contributed by atoms with E-state index < -0.39 is 128 Å². The van der Waals surface area contributed by atoms with Crippen LogP contribution in [-0.4, -0.2) is 125 Å². The van der Waals surface area contributed by atoms with Gasteiger partial charge in [0, 0.05) is 56.4 Å². The molecule has 0 saturated carbocycles. The number of aliphatic hydroxyl groups excluding tert-OH is 2. The normalized spacial score (nSPS) is 31.7. The summed E-state index contributed by atoms with van der Waals surface area (Å²) in [7, 11) is 4.69. The molecule has 0 aromatic heterocycles. The van der Waals surface area contributed by atoms with E-state index in [0.717, 1.165) is 26.4 Å². The van der Waals surface area contributed by atoms with Crippen LogP contribution in [-0.2, 0) is 35.7 Å². The number of esters is 1. The first-order chi connectivity index (χ1) is 23.6. The molecule has 3 aliphatic carbocycles. The van der Waals surface area contributed by atoms with E-state index >= 15 is 0 Å². The van der Waals surface area contributed by atoms with Crippen LogP contribution < -0.4 is 0 Å². The van der Waals surface area contributed by atoms with E-state index in [2.05, 4.69) is 0 Å². The summed E-state index contributed by atoms with van der Waals surface area (Å²) in [6.45, 7) is 3.10. The first kappa shape index (κ1) is 35.5. The Hall–Kier alpha value is -4.35. The van der Waals surface area contributed by atoms with Crippen molar-refractivity contribution in [2.24, 2.45) is 0 Å². The molecule has 15 heteroatoms. The molecule has 50 heavy (non-hydrogen) atoms. The lowest BCUT2D eigenvalue weighted by atomic mass is 9.56. The van der Waals surface area contributed by atoms with Crippen LogP contribution >= 0.6 is 0 Å². The number of ketones is 4. The Morgan fingerprint density at radius 3 is 2.20 bits per heavy atom. The predicted octanol–water partition coefficient (Wildman–Crippen LogP) is 0.636. The number of aromatic hydroxyl groups is 2. The summed E-state index contributed by atoms with van der Waals surface area (Å²) in [5, 5.41) is 57.6. The Balaban J connectivity index is 1.51. The van der Waals surface area contributed by atoms with E-state index in [0.29, 0.717) is 0 Å². The van der Waals surface area contributed by atoms with Gasteiger partial charge < -0.3 is 49.2 Å². The van der Waals surface area contributed by atoms with Crippen LogP contribution in [0.5, 0.6) is 11.5 Å². The number of carbonyl (C=O) groups is 5. The van der Waals surface area contributed by atoms with Crippen molar-refractivity contribution in [3.63, 3.8) is 0 Å². The number of hydrogen-bond donors (Lipinski definition) is 5. The Bertz CT molecular complexity index is 1910. The minimum atomic E-state index is -3.22. The Morgan fingerprint density at radius 1 is 0.940 bits per heavy atom. The number of fused-ring (bicyclic) bond motifs is 5. The lowest BCUT2D eigenvalue weighted by molar-refractivity contribution is -0.230. The van der Waals surface area contributed by atoms with E-state index in [1.54, 1.807) is 6.92 Å². The molecule has 4 aliphatic rings. The molecule has 8 atom stereocenters. The molecule has 0 amide bonds. The third kappa shape index (κ3) is 4.45. The lowest BCUT2D eigenvalue weighted by Gasteiger charge is -2.52. The molecule has 1 saturated heterocycles. The topological polar surface area (TPSA) is 233 Å². The van der Waals surface area contributed by atoms with Gasteiger partial charge in [-0.25, -0.2) is 4.79 Å². The number of phenols is 2. The Morgan fingerprint density at radius 2 is 1.60 bits per heavy atom. The predicted molar refractivity (Wildman–Crippen MR) is 168 cm³/mol. The molecule has 6 rings (SSSR count). The number of ether oxygens (including phenoxy) is 5. The number of hydrogen-bond acceptors (Lipinski definition) is 15. The van der Waals surface area contributed by atoms with E-state index in [1.165, 1.54) is 27.2 Å². The van der Waals surface area contributed by atoms with Gasteiger partial charge in [-0.3, -0.25) is 19.2 Å². The van der Waals surface area contributed by atoms with Gasteiger partial charge in [0.25, 0.3) is 0 Å². The molecule has 0 spiro atoms. The summed E-state index contributed by atoms with van der Waals surface area (Å²) in [4.78, 5) is 69.2. The third-order valence-corrected chi connectivity index (χ3v) is 10.5. The summed E-state index contributed by atoms with van der Waals surface area (Å²) in [5.41, 5.74) is -9.67. The smallest absolute Gasteiger partial charge is 0.341 e. The van der Waals surface area contributed by atoms with Gasteiger partial charge in [0.15, 0.2) is 22.8 Å². The summed E-state index contributed by atoms with van der Waals surface area (Å²) < 4.78 is 27.0. The molecular formula is C35H36O15. The van der Waals surface area contributed by atoms with Gasteiger partial charge in [-0.15, -0.1) is 0 Å². The molecule has 8 unspecified atom stereocenters. The third-order valence-electron chi connectivity index (χ3n) is 10.5. The van der Waals surface area contributed by atoms with Crippen LogP contribution in [0.3, 0.4) is 0 Å². The molecule has 5 N–H and O–H groups in total. The molecule has 0 bridgehead atoms. The van der Waals surface area contributed by atoms with Crippen LogP contribution in [0.4, 0.5) is 0 Å². The number of phenolic OH excluding ortho intramolecular Hbond substituents is 2. The number of rotatable bonds is 6. The number of carbonyl (C=O) groups excluding carboxylic acids is 5. The summed E-state index contributed by atoms with van der Waals surface area (Å²) in [5.74, 6) is -7.42. The van der Waals surface area contributed by atoms with Crippen molar-refractivity contribution in [1.29, 1.82) is 0 Å². The van der Waals surface area contributed by atoms with Crippen molar-refractivity contribution in [3.05, 3.63) is 68.3 Å². The highest BCUT2D eigenvalue weighted by molar-refractivity contribution is 6.31. The number of aliphatic hydroxyl groups is 3. The first-order valence-electron chi connectivity index (χ1n) is 15.6. The summed E-state index contributed by atoms with van der Waals surface area (Å²) in [6, 6.07) is 2.22. The fraction of sp³-hybridized carbons (Fsp3) is 0.457. The second-order valence-corrected chi connectivity index (χ2v) is 12.9. The molecule has 1 aliphatic heterocycles. The molecule has 1 heterocycles. The van der Waals surface area contributed by atoms with Gasteiger partial charge in [0.05, 0.1) is 36.5 Å². The molecule has 0 radical (unpaired) electrons. The molecule has 2 aromatic carbocycles. The monoisotopic (exact) mass is 696 g/mol. The van der Waals surface area contributed by atoms with Gasteiger partial charge in [-0.05, 0) is 37.1 Å². The van der Waals surface area contributed by atoms with Crippen molar-refractivity contribution in [2.45, 2.75) is 74.5 Å². The van der Waals surface area contributed by atoms with Gasteiger partial charge in [0.1, 0.15) is 35.4 Å². The fourth-order valence-electron chi connectivity index (χ4n) is 8.17. The zero-order chi connectivity index (χ0) is 36.8. The highest BCUT2D eigenvalue weighted by atomic mass is 16.6. The average molecular weight is 697 g/mol. The molecule has 266 valence electrons. The highest BCUT2D eigenvalue weighted by Gasteiger charge is 2.72. The average Bonchev–Trinajstić information content (AvgIpc) is 3.05. The van der Waals surface area contributed by atoms with Gasteiger partial charge in [-0.1, -0.05) is 6.07 Å². The lowest BCUT2D eigenvalue weighted by Crippen LogP contribution is -2.73. The maximum Gasteiger partial charge on any atom is 0.341 e. The Labute approximate surface area is 285 Å². The van der Waals surface area contributed by atoms with Crippen molar-refractivity contribution >= 4 is 29.1 Å². The summed E-state index contributed by atoms with van der Waals surface area (Å²) >= 11 is 0. The van der Waals surface area contributed by atoms with Crippen molar-refractivity contribution in [3.8, 4) is 11.5 Å². The number of methoxy groups -OCH3 is 4. The van der Waals surface area contributed by atoms with Crippen molar-refractivity contribution < 1.29 is 73.2 Å². The second kappa shape index (κ2) is 12.2. The van der Waals surface area contributed by atoms with Crippen LogP contribution in [0, 0.1) is 6.92 Å². The maximum absolute atomic E-state index is 14.6. The van der Waals surface area contributed by atoms with Crippen molar-refractivity contribution in [2.75, 3.05) is 28.4 Å². The minimum absolute atomic E-state index is 0.00545. The fourth-order valence-corrected chi connectivity index (χ4v) is 8.17. The second-order valence-electron chi connectivity index (χ2n) is 12.9.